The van der Waals surface area contributed by atoms with E-state index in [4.69, 9.17) is 14.3 Å². The quantitative estimate of drug-likeness (QED) is 0.710. The van der Waals surface area contributed by atoms with Crippen molar-refractivity contribution in [2.24, 2.45) is 5.10 Å². The first-order valence-electron chi connectivity index (χ1n) is 8.84. The summed E-state index contributed by atoms with van der Waals surface area (Å²) in [5.41, 5.74) is 2.63. The zero-order valence-corrected chi connectivity index (χ0v) is 16.6. The van der Waals surface area contributed by atoms with E-state index in [0.29, 0.717) is 22.1 Å². The Labute approximate surface area is 166 Å². The maximum absolute atomic E-state index is 12.1. The van der Waals surface area contributed by atoms with E-state index < -0.39 is 0 Å². The Morgan fingerprint density at radius 1 is 1.32 bits per heavy atom. The van der Waals surface area contributed by atoms with Gasteiger partial charge in [-0.3, -0.25) is 4.79 Å². The number of thiazole rings is 1. The van der Waals surface area contributed by atoms with Crippen molar-refractivity contribution in [3.63, 3.8) is 0 Å². The van der Waals surface area contributed by atoms with Gasteiger partial charge in [-0.1, -0.05) is 11.3 Å². The van der Waals surface area contributed by atoms with Gasteiger partial charge in [0.1, 0.15) is 22.4 Å². The molecule has 1 N–H and O–H groups in total. The molecule has 0 saturated heterocycles. The van der Waals surface area contributed by atoms with Crippen molar-refractivity contribution in [1.29, 1.82) is 0 Å². The lowest BCUT2D eigenvalue weighted by molar-refractivity contribution is 0.0966. The van der Waals surface area contributed by atoms with E-state index in [1.54, 1.807) is 20.4 Å². The molecule has 1 amide bonds. The molecule has 0 fully saturated rings. The largest absolute Gasteiger partial charge is 0.497 e. The van der Waals surface area contributed by atoms with E-state index in [2.05, 4.69) is 10.3 Å². The number of amides is 1. The van der Waals surface area contributed by atoms with Gasteiger partial charge in [0.05, 0.1) is 24.8 Å². The predicted molar refractivity (Wildman–Crippen MR) is 108 cm³/mol. The van der Waals surface area contributed by atoms with Gasteiger partial charge in [-0.25, -0.2) is 9.99 Å². The number of aryl methyl sites for hydroxylation is 1. The molecule has 1 aromatic carbocycles. The van der Waals surface area contributed by atoms with E-state index in [1.807, 2.05) is 48.3 Å². The molecule has 3 heterocycles. The maximum Gasteiger partial charge on any atom is 0.263 e. The number of nitrogens with zero attached hydrogens (tertiary/aromatic N) is 3. The Morgan fingerprint density at radius 3 is 2.75 bits per heavy atom. The average molecular weight is 396 g/mol. The fraction of sp³-hybridized carbons (Fsp3) is 0.250. The van der Waals surface area contributed by atoms with E-state index >= 15 is 0 Å². The molecule has 4 rings (SSSR count). The zero-order chi connectivity index (χ0) is 19.7. The number of ether oxygens (including phenoxy) is 1. The Bertz CT molecular complexity index is 1010. The Hall–Kier alpha value is -3.13. The Kier molecular flexibility index (Phi) is 4.87. The molecule has 0 spiro atoms. The van der Waals surface area contributed by atoms with Crippen LogP contribution in [0.2, 0.25) is 0 Å². The fourth-order valence-corrected chi connectivity index (χ4v) is 4.17. The molecule has 7 nitrogen and oxygen atoms in total. The number of rotatable bonds is 5. The van der Waals surface area contributed by atoms with Gasteiger partial charge in [0.2, 0.25) is 5.13 Å². The van der Waals surface area contributed by atoms with Crippen LogP contribution in [0.4, 0.5) is 5.13 Å². The summed E-state index contributed by atoms with van der Waals surface area (Å²) in [5, 5.41) is 10.0. The van der Waals surface area contributed by atoms with Crippen molar-refractivity contribution in [2.45, 2.75) is 19.4 Å². The average Bonchev–Trinajstić information content (AvgIpc) is 3.46. The molecule has 28 heavy (non-hydrogen) atoms. The standard InChI is InChI=1S/C20H20N4O3S/c1-12-18(19(25)21-2)28-20(22-12)24-16(17-5-4-10-27-17)11-15(23-24)13-6-8-14(26-3)9-7-13/h4-10,16H,11H2,1-3H3,(H,21,25). The van der Waals surface area contributed by atoms with Gasteiger partial charge in [0, 0.05) is 13.5 Å². The smallest absolute Gasteiger partial charge is 0.263 e. The van der Waals surface area contributed by atoms with Crippen LogP contribution in [0.25, 0.3) is 0 Å². The minimum Gasteiger partial charge on any atom is -0.497 e. The van der Waals surface area contributed by atoms with Crippen LogP contribution >= 0.6 is 11.3 Å². The summed E-state index contributed by atoms with van der Waals surface area (Å²) >= 11 is 1.33. The lowest BCUT2D eigenvalue weighted by Crippen LogP contribution is -2.18. The van der Waals surface area contributed by atoms with Crippen LogP contribution in [-0.2, 0) is 0 Å². The first kappa shape index (κ1) is 18.2. The number of aromatic nitrogens is 1. The number of methoxy groups -OCH3 is 1. The molecule has 1 unspecified atom stereocenters. The number of hydrazone groups is 1. The Balaban J connectivity index is 1.72. The number of hydrogen-bond acceptors (Lipinski definition) is 7. The van der Waals surface area contributed by atoms with Crippen molar-refractivity contribution in [2.75, 3.05) is 19.2 Å². The van der Waals surface area contributed by atoms with Crippen molar-refractivity contribution >= 4 is 28.1 Å². The molecule has 0 aliphatic carbocycles. The monoisotopic (exact) mass is 396 g/mol. The van der Waals surface area contributed by atoms with Crippen LogP contribution in [0.3, 0.4) is 0 Å². The lowest BCUT2D eigenvalue weighted by atomic mass is 10.0. The second kappa shape index (κ2) is 7.47. The summed E-state index contributed by atoms with van der Waals surface area (Å²) in [5.74, 6) is 1.46. The van der Waals surface area contributed by atoms with Crippen molar-refractivity contribution in [3.05, 3.63) is 64.6 Å². The minimum absolute atomic E-state index is 0.116. The number of carbonyl (C=O) groups excluding carboxylic acids is 1. The van der Waals surface area contributed by atoms with E-state index in [-0.39, 0.29) is 11.9 Å². The fourth-order valence-electron chi connectivity index (χ4n) is 3.15. The first-order chi connectivity index (χ1) is 13.6. The number of furan rings is 1. The molecule has 1 atom stereocenters. The molecular formula is C20H20N4O3S. The molecule has 0 radical (unpaired) electrons. The van der Waals surface area contributed by atoms with Crippen molar-refractivity contribution in [1.82, 2.24) is 10.3 Å². The van der Waals surface area contributed by atoms with Gasteiger partial charge < -0.3 is 14.5 Å². The minimum atomic E-state index is -0.144. The van der Waals surface area contributed by atoms with E-state index in [1.165, 1.54) is 11.3 Å². The lowest BCUT2D eigenvalue weighted by Gasteiger charge is -2.18. The zero-order valence-electron chi connectivity index (χ0n) is 15.8. The molecular weight excluding hydrogens is 376 g/mol. The SMILES string of the molecule is CNC(=O)c1sc(N2N=C(c3ccc(OC)cc3)CC2c2ccco2)nc1C. The third-order valence-corrected chi connectivity index (χ3v) is 5.77. The third-order valence-electron chi connectivity index (χ3n) is 4.62. The second-order valence-electron chi connectivity index (χ2n) is 6.35. The van der Waals surface area contributed by atoms with Crippen LogP contribution in [0.5, 0.6) is 5.75 Å². The van der Waals surface area contributed by atoms with Gasteiger partial charge in [0.15, 0.2) is 0 Å². The summed E-state index contributed by atoms with van der Waals surface area (Å²) in [6.07, 6.45) is 2.33. The summed E-state index contributed by atoms with van der Waals surface area (Å²) in [6, 6.07) is 11.5. The summed E-state index contributed by atoms with van der Waals surface area (Å²) in [4.78, 5) is 17.3. The molecule has 0 bridgehead atoms. The summed E-state index contributed by atoms with van der Waals surface area (Å²) in [6.45, 7) is 1.83. The van der Waals surface area contributed by atoms with Gasteiger partial charge in [-0.05, 0) is 48.9 Å². The normalized spacial score (nSPS) is 16.2. The topological polar surface area (TPSA) is 80.0 Å². The predicted octanol–water partition coefficient (Wildman–Crippen LogP) is 3.77. The van der Waals surface area contributed by atoms with Gasteiger partial charge in [-0.15, -0.1) is 0 Å². The highest BCUT2D eigenvalue weighted by atomic mass is 32.1. The van der Waals surface area contributed by atoms with E-state index in [0.717, 1.165) is 22.8 Å². The first-order valence-corrected chi connectivity index (χ1v) is 9.66. The van der Waals surface area contributed by atoms with E-state index in [9.17, 15) is 4.79 Å². The molecule has 144 valence electrons. The molecule has 1 aliphatic heterocycles. The van der Waals surface area contributed by atoms with Crippen LogP contribution in [0.1, 0.15) is 39.2 Å². The summed E-state index contributed by atoms with van der Waals surface area (Å²) in [7, 11) is 3.26. The van der Waals surface area contributed by atoms with Crippen LogP contribution < -0.4 is 15.1 Å². The second-order valence-corrected chi connectivity index (χ2v) is 7.32. The number of hydrogen-bond donors (Lipinski definition) is 1. The van der Waals surface area contributed by atoms with Crippen LogP contribution in [-0.4, -0.2) is 30.8 Å². The summed E-state index contributed by atoms with van der Waals surface area (Å²) < 4.78 is 10.9. The molecule has 3 aromatic rings. The number of carbonyl (C=O) groups is 1. The number of benzene rings is 1. The maximum atomic E-state index is 12.1. The molecule has 1 aliphatic rings. The Morgan fingerprint density at radius 2 is 2.11 bits per heavy atom. The van der Waals surface area contributed by atoms with Gasteiger partial charge >= 0.3 is 0 Å². The molecule has 0 saturated carbocycles. The number of nitrogens with one attached hydrogen (secondary N) is 1. The molecule has 2 aromatic heterocycles. The third kappa shape index (κ3) is 3.27. The highest BCUT2D eigenvalue weighted by molar-refractivity contribution is 7.17. The van der Waals surface area contributed by atoms with Gasteiger partial charge in [-0.2, -0.15) is 5.10 Å². The van der Waals surface area contributed by atoms with Crippen molar-refractivity contribution in [3.8, 4) is 5.75 Å². The highest BCUT2D eigenvalue weighted by Gasteiger charge is 2.34. The van der Waals surface area contributed by atoms with Crippen molar-refractivity contribution < 1.29 is 13.9 Å². The van der Waals surface area contributed by atoms with Gasteiger partial charge in [0.25, 0.3) is 5.91 Å². The van der Waals surface area contributed by atoms with Crippen LogP contribution in [0.15, 0.2) is 52.2 Å². The number of anilines is 1. The molecule has 8 heteroatoms. The highest BCUT2D eigenvalue weighted by Crippen LogP contribution is 2.39. The van der Waals surface area contributed by atoms with Crippen LogP contribution in [0, 0.1) is 6.92 Å².